The number of amides is 1. The van der Waals surface area contributed by atoms with Crippen LogP contribution in [-0.2, 0) is 16.1 Å². The van der Waals surface area contributed by atoms with Crippen LogP contribution in [0.15, 0.2) is 24.3 Å². The van der Waals surface area contributed by atoms with Crippen LogP contribution in [0.4, 0.5) is 10.5 Å². The van der Waals surface area contributed by atoms with E-state index in [1.54, 1.807) is 17.0 Å². The van der Waals surface area contributed by atoms with Crippen molar-refractivity contribution in [3.8, 4) is 0 Å². The Balaban J connectivity index is 1.75. The molecule has 0 bridgehead atoms. The highest BCUT2D eigenvalue weighted by Crippen LogP contribution is 2.19. The van der Waals surface area contributed by atoms with Gasteiger partial charge in [0.25, 0.3) is 5.69 Å². The maximum atomic E-state index is 12.0. The van der Waals surface area contributed by atoms with Crippen LogP contribution in [0, 0.1) is 10.1 Å². The minimum Gasteiger partial charge on any atom is -0.444 e. The van der Waals surface area contributed by atoms with Crippen molar-refractivity contribution in [2.75, 3.05) is 13.1 Å². The number of nitrogens with zero attached hydrogens (tertiary/aromatic N) is 2. The molecular weight excluding hydrogens is 312 g/mol. The number of rotatable bonds is 4. The molecule has 24 heavy (non-hydrogen) atoms. The predicted molar refractivity (Wildman–Crippen MR) is 88.7 cm³/mol. The fourth-order valence-corrected chi connectivity index (χ4v) is 2.46. The molecule has 0 radical (unpaired) electrons. The lowest BCUT2D eigenvalue weighted by molar-refractivity contribution is -0.384. The number of nitro groups is 1. The summed E-state index contributed by atoms with van der Waals surface area (Å²) in [6.45, 7) is 7.19. The van der Waals surface area contributed by atoms with Gasteiger partial charge in [0.15, 0.2) is 0 Å². The molecular formula is C17H24N2O5. The van der Waals surface area contributed by atoms with Crippen LogP contribution >= 0.6 is 0 Å². The number of non-ortho nitro benzene ring substituents is 1. The van der Waals surface area contributed by atoms with Crippen LogP contribution in [0.2, 0.25) is 0 Å². The Kier molecular flexibility index (Phi) is 5.77. The molecule has 1 saturated heterocycles. The fraction of sp³-hybridized carbons (Fsp3) is 0.588. The summed E-state index contributed by atoms with van der Waals surface area (Å²) in [5, 5.41) is 10.6. The van der Waals surface area contributed by atoms with Gasteiger partial charge in [0.05, 0.1) is 17.6 Å². The van der Waals surface area contributed by atoms with Gasteiger partial charge < -0.3 is 14.4 Å². The number of carbonyl (C=O) groups is 1. The first-order valence-corrected chi connectivity index (χ1v) is 8.07. The van der Waals surface area contributed by atoms with Crippen molar-refractivity contribution in [2.45, 2.75) is 51.9 Å². The van der Waals surface area contributed by atoms with E-state index >= 15 is 0 Å². The maximum absolute atomic E-state index is 12.0. The van der Waals surface area contributed by atoms with Crippen molar-refractivity contribution in [3.05, 3.63) is 39.9 Å². The predicted octanol–water partition coefficient (Wildman–Crippen LogP) is 3.51. The van der Waals surface area contributed by atoms with Crippen molar-refractivity contribution in [2.24, 2.45) is 0 Å². The van der Waals surface area contributed by atoms with E-state index in [2.05, 4.69) is 0 Å². The van der Waals surface area contributed by atoms with E-state index in [0.29, 0.717) is 19.7 Å². The molecule has 1 aliphatic rings. The number of benzene rings is 1. The molecule has 1 fully saturated rings. The number of carbonyl (C=O) groups excluding carboxylic acids is 1. The fourth-order valence-electron chi connectivity index (χ4n) is 2.46. The van der Waals surface area contributed by atoms with Gasteiger partial charge >= 0.3 is 6.09 Å². The quantitative estimate of drug-likeness (QED) is 0.621. The van der Waals surface area contributed by atoms with Crippen LogP contribution in [0.25, 0.3) is 0 Å². The van der Waals surface area contributed by atoms with Gasteiger partial charge in [-0.05, 0) is 51.3 Å². The van der Waals surface area contributed by atoms with Gasteiger partial charge in [0.1, 0.15) is 5.60 Å². The lowest BCUT2D eigenvalue weighted by atomic mass is 10.1. The highest BCUT2D eigenvalue weighted by Gasteiger charge is 2.27. The maximum Gasteiger partial charge on any atom is 0.410 e. The summed E-state index contributed by atoms with van der Waals surface area (Å²) in [6, 6.07) is 6.36. The summed E-state index contributed by atoms with van der Waals surface area (Å²) in [6.07, 6.45) is 1.31. The van der Waals surface area contributed by atoms with Crippen molar-refractivity contribution in [1.29, 1.82) is 0 Å². The molecule has 0 aliphatic carbocycles. The molecule has 1 aromatic carbocycles. The largest absolute Gasteiger partial charge is 0.444 e. The molecule has 0 unspecified atom stereocenters. The molecule has 0 spiro atoms. The standard InChI is InChI=1S/C17H24N2O5/c1-17(2,3)24-16(20)18-10-8-15(9-11-18)23-12-13-4-6-14(7-5-13)19(21)22/h4-7,15H,8-12H2,1-3H3. The SMILES string of the molecule is CC(C)(C)OC(=O)N1CCC(OCc2ccc([N+](=O)[O-])cc2)CC1. The summed E-state index contributed by atoms with van der Waals surface area (Å²) in [7, 11) is 0. The Morgan fingerprint density at radius 1 is 1.25 bits per heavy atom. The lowest BCUT2D eigenvalue weighted by Crippen LogP contribution is -2.43. The van der Waals surface area contributed by atoms with Crippen LogP contribution in [0.5, 0.6) is 0 Å². The van der Waals surface area contributed by atoms with Gasteiger partial charge in [-0.3, -0.25) is 10.1 Å². The van der Waals surface area contributed by atoms with E-state index in [1.165, 1.54) is 12.1 Å². The smallest absolute Gasteiger partial charge is 0.410 e. The van der Waals surface area contributed by atoms with Crippen LogP contribution in [-0.4, -0.2) is 40.7 Å². The molecule has 1 amide bonds. The zero-order valence-corrected chi connectivity index (χ0v) is 14.4. The zero-order chi connectivity index (χ0) is 17.7. The van der Waals surface area contributed by atoms with Crippen molar-refractivity contribution < 1.29 is 19.2 Å². The minimum absolute atomic E-state index is 0.0735. The number of likely N-dealkylation sites (tertiary alicyclic amines) is 1. The third-order valence-electron chi connectivity index (χ3n) is 3.73. The van der Waals surface area contributed by atoms with Gasteiger partial charge in [0, 0.05) is 25.2 Å². The van der Waals surface area contributed by atoms with Crippen LogP contribution in [0.3, 0.4) is 0 Å². The van der Waals surface area contributed by atoms with E-state index in [4.69, 9.17) is 9.47 Å². The molecule has 0 aromatic heterocycles. The second-order valence-corrected chi connectivity index (χ2v) is 6.90. The Labute approximate surface area is 141 Å². The molecule has 0 saturated carbocycles. The molecule has 1 heterocycles. The zero-order valence-electron chi connectivity index (χ0n) is 14.4. The van der Waals surface area contributed by atoms with Crippen molar-refractivity contribution >= 4 is 11.8 Å². The van der Waals surface area contributed by atoms with E-state index in [0.717, 1.165) is 18.4 Å². The van der Waals surface area contributed by atoms with Gasteiger partial charge in [0.2, 0.25) is 0 Å². The summed E-state index contributed by atoms with van der Waals surface area (Å²) in [5.41, 5.74) is 0.486. The van der Waals surface area contributed by atoms with E-state index in [9.17, 15) is 14.9 Å². The number of hydrogen-bond acceptors (Lipinski definition) is 5. The average molecular weight is 336 g/mol. The first-order chi connectivity index (χ1) is 11.2. The summed E-state index contributed by atoms with van der Waals surface area (Å²) in [5.74, 6) is 0. The van der Waals surface area contributed by atoms with Crippen LogP contribution in [0.1, 0.15) is 39.2 Å². The number of nitro benzene ring substituents is 1. The molecule has 1 aromatic rings. The second-order valence-electron chi connectivity index (χ2n) is 6.90. The van der Waals surface area contributed by atoms with Crippen molar-refractivity contribution in [3.63, 3.8) is 0 Å². The highest BCUT2D eigenvalue weighted by molar-refractivity contribution is 5.68. The van der Waals surface area contributed by atoms with Gasteiger partial charge in [-0.15, -0.1) is 0 Å². The Hall–Kier alpha value is -2.15. The molecule has 0 N–H and O–H groups in total. The Bertz CT molecular complexity index is 572. The second kappa shape index (κ2) is 7.61. The normalized spacial score (nSPS) is 16.0. The van der Waals surface area contributed by atoms with Gasteiger partial charge in [-0.25, -0.2) is 4.79 Å². The summed E-state index contributed by atoms with van der Waals surface area (Å²) < 4.78 is 11.2. The minimum atomic E-state index is -0.486. The van der Waals surface area contributed by atoms with E-state index in [1.807, 2.05) is 20.8 Å². The molecule has 7 nitrogen and oxygen atoms in total. The number of ether oxygens (including phenoxy) is 2. The third kappa shape index (κ3) is 5.49. The molecule has 7 heteroatoms. The van der Waals surface area contributed by atoms with Gasteiger partial charge in [-0.1, -0.05) is 0 Å². The summed E-state index contributed by atoms with van der Waals surface area (Å²) in [4.78, 5) is 23.9. The topological polar surface area (TPSA) is 81.9 Å². The first kappa shape index (κ1) is 18.2. The Morgan fingerprint density at radius 2 is 1.83 bits per heavy atom. The number of piperidine rings is 1. The number of hydrogen-bond donors (Lipinski definition) is 0. The third-order valence-corrected chi connectivity index (χ3v) is 3.73. The van der Waals surface area contributed by atoms with E-state index in [-0.39, 0.29) is 17.9 Å². The van der Waals surface area contributed by atoms with E-state index < -0.39 is 10.5 Å². The lowest BCUT2D eigenvalue weighted by Gasteiger charge is -2.33. The molecule has 1 aliphatic heterocycles. The molecule has 132 valence electrons. The average Bonchev–Trinajstić information content (AvgIpc) is 2.52. The van der Waals surface area contributed by atoms with Crippen LogP contribution < -0.4 is 0 Å². The summed E-state index contributed by atoms with van der Waals surface area (Å²) >= 11 is 0. The van der Waals surface area contributed by atoms with Crippen molar-refractivity contribution in [1.82, 2.24) is 4.90 Å². The highest BCUT2D eigenvalue weighted by atomic mass is 16.6. The monoisotopic (exact) mass is 336 g/mol. The van der Waals surface area contributed by atoms with Gasteiger partial charge in [-0.2, -0.15) is 0 Å². The molecule has 2 rings (SSSR count). The first-order valence-electron chi connectivity index (χ1n) is 8.07. The Morgan fingerprint density at radius 3 is 2.33 bits per heavy atom. The molecule has 0 atom stereocenters.